The maximum Gasteiger partial charge on any atom is 1.00 e. The van der Waals surface area contributed by atoms with Crippen LogP contribution in [0.5, 0.6) is 11.5 Å². The van der Waals surface area contributed by atoms with Crippen LogP contribution < -0.4 is 44.1 Å². The molecule has 0 aliphatic heterocycles. The van der Waals surface area contributed by atoms with Crippen LogP contribution in [0.3, 0.4) is 0 Å². The molecule has 1 heterocycles. The Balaban J connectivity index is 0.00000300. The zero-order chi connectivity index (χ0) is 19.9. The van der Waals surface area contributed by atoms with Gasteiger partial charge in [0.15, 0.2) is 0 Å². The minimum Gasteiger partial charge on any atom is -0.550 e. The Morgan fingerprint density at radius 1 is 0.931 bits per heavy atom. The van der Waals surface area contributed by atoms with Gasteiger partial charge in [-0.2, -0.15) is 0 Å². The van der Waals surface area contributed by atoms with E-state index >= 15 is 0 Å². The summed E-state index contributed by atoms with van der Waals surface area (Å²) in [4.78, 5) is 16.5. The van der Waals surface area contributed by atoms with Gasteiger partial charge in [-0.25, -0.2) is 4.98 Å². The normalized spacial score (nSPS) is 10.3. The van der Waals surface area contributed by atoms with E-state index in [1.165, 1.54) is 0 Å². The van der Waals surface area contributed by atoms with E-state index in [9.17, 15) is 9.90 Å². The number of carboxylic acids is 1. The van der Waals surface area contributed by atoms with Crippen molar-refractivity contribution in [3.8, 4) is 33.2 Å². The van der Waals surface area contributed by atoms with Crippen LogP contribution in [0.15, 0.2) is 48.5 Å². The number of ether oxygens (including phenoxy) is 2. The molecule has 0 radical (unpaired) electrons. The van der Waals surface area contributed by atoms with Crippen molar-refractivity contribution in [3.63, 3.8) is 0 Å². The van der Waals surface area contributed by atoms with Gasteiger partial charge in [-0.1, -0.05) is 0 Å². The second-order valence-corrected chi connectivity index (χ2v) is 7.41. The number of hydrogen-bond donors (Lipinski definition) is 0. The van der Waals surface area contributed by atoms with E-state index in [2.05, 4.69) is 0 Å². The van der Waals surface area contributed by atoms with Crippen molar-refractivity contribution in [1.82, 2.24) is 4.98 Å². The fraction of sp³-hybridized carbons (Fsp3) is 0.273. The van der Waals surface area contributed by atoms with Gasteiger partial charge in [-0.15, -0.1) is 11.3 Å². The van der Waals surface area contributed by atoms with Crippen molar-refractivity contribution in [2.24, 2.45) is 0 Å². The number of hydrogen-bond acceptors (Lipinski definition) is 6. The van der Waals surface area contributed by atoms with E-state index in [0.29, 0.717) is 6.42 Å². The first-order valence-corrected chi connectivity index (χ1v) is 9.90. The number of thiazole rings is 1. The summed E-state index contributed by atoms with van der Waals surface area (Å²) in [7, 11) is 3.29. The minimum absolute atomic E-state index is 0. The van der Waals surface area contributed by atoms with E-state index in [0.717, 1.165) is 51.0 Å². The molecule has 0 saturated carbocycles. The average Bonchev–Trinajstić information content (AvgIpc) is 3.15. The van der Waals surface area contributed by atoms with Crippen molar-refractivity contribution >= 4 is 17.3 Å². The van der Waals surface area contributed by atoms with Crippen molar-refractivity contribution in [1.29, 1.82) is 0 Å². The number of aliphatic carboxylic acids is 1. The summed E-state index contributed by atoms with van der Waals surface area (Å²) in [5.74, 6) is 0.603. The number of carbonyl (C=O) groups excluding carboxylic acids is 1. The van der Waals surface area contributed by atoms with Gasteiger partial charge in [-0.05, 0) is 79.8 Å². The second kappa shape index (κ2) is 11.4. The van der Waals surface area contributed by atoms with Crippen LogP contribution in [-0.2, 0) is 11.2 Å². The molecule has 0 atom stereocenters. The van der Waals surface area contributed by atoms with Crippen LogP contribution in [0.1, 0.15) is 24.3 Å². The Morgan fingerprint density at radius 2 is 1.48 bits per heavy atom. The summed E-state index contributed by atoms with van der Waals surface area (Å²) in [5, 5.41) is 11.6. The predicted molar refractivity (Wildman–Crippen MR) is 109 cm³/mol. The van der Waals surface area contributed by atoms with E-state index in [1.54, 1.807) is 25.6 Å². The van der Waals surface area contributed by atoms with Gasteiger partial charge >= 0.3 is 29.6 Å². The van der Waals surface area contributed by atoms with Gasteiger partial charge in [0.05, 0.1) is 29.8 Å². The molecule has 0 aliphatic carbocycles. The Bertz CT molecular complexity index is 858. The second-order valence-electron chi connectivity index (χ2n) is 6.32. The number of rotatable bonds is 9. The van der Waals surface area contributed by atoms with Gasteiger partial charge in [0, 0.05) is 11.5 Å². The molecule has 7 heteroatoms. The SMILES string of the molecule is COc1ccc(-c2nc(CCCCC(=O)[O-])sc2-c2ccc(OC)cc2)cc1.[Na+]. The number of nitrogens with zero attached hydrogens (tertiary/aromatic N) is 1. The van der Waals surface area contributed by atoms with Crippen molar-refractivity contribution < 1.29 is 48.9 Å². The summed E-state index contributed by atoms with van der Waals surface area (Å²) in [6, 6.07) is 15.8. The summed E-state index contributed by atoms with van der Waals surface area (Å²) < 4.78 is 10.5. The predicted octanol–water partition coefficient (Wildman–Crippen LogP) is 0.961. The van der Waals surface area contributed by atoms with Crippen molar-refractivity contribution in [3.05, 3.63) is 53.5 Å². The van der Waals surface area contributed by atoms with E-state index < -0.39 is 5.97 Å². The molecule has 0 spiro atoms. The summed E-state index contributed by atoms with van der Waals surface area (Å²) in [6.07, 6.45) is 2.20. The molecule has 0 amide bonds. The molecule has 0 aliphatic rings. The van der Waals surface area contributed by atoms with Gasteiger partial charge in [0.2, 0.25) is 0 Å². The third-order valence-corrected chi connectivity index (χ3v) is 5.57. The van der Waals surface area contributed by atoms with E-state index in [-0.39, 0.29) is 36.0 Å². The van der Waals surface area contributed by atoms with Crippen molar-refractivity contribution in [2.45, 2.75) is 25.7 Å². The van der Waals surface area contributed by atoms with E-state index in [1.807, 2.05) is 48.5 Å². The van der Waals surface area contributed by atoms with Crippen LogP contribution in [0.2, 0.25) is 0 Å². The fourth-order valence-electron chi connectivity index (χ4n) is 2.90. The number of aryl methyl sites for hydroxylation is 1. The van der Waals surface area contributed by atoms with Crippen LogP contribution in [0, 0.1) is 0 Å². The zero-order valence-electron chi connectivity index (χ0n) is 16.9. The largest absolute Gasteiger partial charge is 1.00 e. The molecule has 1 aromatic heterocycles. The third-order valence-electron chi connectivity index (χ3n) is 4.41. The molecule has 0 bridgehead atoms. The Labute approximate surface area is 197 Å². The third kappa shape index (κ3) is 6.31. The van der Waals surface area contributed by atoms with E-state index in [4.69, 9.17) is 14.5 Å². The molecule has 3 rings (SSSR count). The maximum atomic E-state index is 10.6. The quantitative estimate of drug-likeness (QED) is 0.382. The number of unbranched alkanes of at least 4 members (excludes halogenated alkanes) is 1. The molecule has 0 fully saturated rings. The first-order chi connectivity index (χ1) is 13.6. The van der Waals surface area contributed by atoms with Crippen LogP contribution in [0.4, 0.5) is 0 Å². The number of aromatic nitrogens is 1. The van der Waals surface area contributed by atoms with Gasteiger partial charge in [-0.3, -0.25) is 0 Å². The monoisotopic (exact) mass is 419 g/mol. The van der Waals surface area contributed by atoms with Crippen LogP contribution in [0.25, 0.3) is 21.7 Å². The molecular weight excluding hydrogens is 397 g/mol. The first-order valence-electron chi connectivity index (χ1n) is 9.09. The molecular formula is C22H22NNaO4S. The smallest absolute Gasteiger partial charge is 0.550 e. The topological polar surface area (TPSA) is 71.5 Å². The number of benzene rings is 2. The first kappa shape index (κ1) is 23.4. The molecule has 0 N–H and O–H groups in total. The van der Waals surface area contributed by atoms with Crippen LogP contribution in [-0.4, -0.2) is 25.2 Å². The van der Waals surface area contributed by atoms with Gasteiger partial charge in [0.25, 0.3) is 0 Å². The molecule has 3 aromatic rings. The molecule has 29 heavy (non-hydrogen) atoms. The van der Waals surface area contributed by atoms with Crippen LogP contribution >= 0.6 is 11.3 Å². The van der Waals surface area contributed by atoms with Crippen molar-refractivity contribution in [2.75, 3.05) is 14.2 Å². The average molecular weight is 419 g/mol. The molecule has 0 saturated heterocycles. The standard InChI is InChI=1S/C22H23NO4S.Na/c1-26-17-11-7-15(8-12-17)21-22(16-9-13-18(27-2)14-10-16)28-19(23-21)5-3-4-6-20(24)25;/h7-14H,3-6H2,1-2H3,(H,24,25);/q;+1/p-1. The minimum atomic E-state index is -1.00. The molecule has 2 aromatic carbocycles. The number of carboxylic acid groups (broad SMARTS) is 1. The summed E-state index contributed by atoms with van der Waals surface area (Å²) >= 11 is 1.64. The Hall–Kier alpha value is -1.86. The summed E-state index contributed by atoms with van der Waals surface area (Å²) in [5.41, 5.74) is 3.02. The number of carbonyl (C=O) groups is 1. The molecule has 5 nitrogen and oxygen atoms in total. The maximum absolute atomic E-state index is 10.6. The Kier molecular flexibility index (Phi) is 9.17. The number of methoxy groups -OCH3 is 2. The van der Waals surface area contributed by atoms with Gasteiger partial charge < -0.3 is 19.4 Å². The molecule has 0 unspecified atom stereocenters. The Morgan fingerprint density at radius 3 is 2.00 bits per heavy atom. The molecule has 146 valence electrons. The zero-order valence-corrected chi connectivity index (χ0v) is 19.8. The fourth-order valence-corrected chi connectivity index (χ4v) is 4.03. The summed E-state index contributed by atoms with van der Waals surface area (Å²) in [6.45, 7) is 0. The van der Waals surface area contributed by atoms with Gasteiger partial charge in [0.1, 0.15) is 11.5 Å².